The number of amides is 1. The highest BCUT2D eigenvalue weighted by molar-refractivity contribution is 7.21. The van der Waals surface area contributed by atoms with E-state index in [9.17, 15) is 10.1 Å². The number of anilines is 1. The molecule has 27 heavy (non-hydrogen) atoms. The number of hydrogen-bond donors (Lipinski definition) is 2. The number of nitriles is 1. The van der Waals surface area contributed by atoms with Gasteiger partial charge in [-0.2, -0.15) is 5.26 Å². The van der Waals surface area contributed by atoms with Gasteiger partial charge in [-0.1, -0.05) is 0 Å². The molecule has 1 aliphatic heterocycles. The second-order valence-electron chi connectivity index (χ2n) is 6.47. The van der Waals surface area contributed by atoms with Crippen molar-refractivity contribution in [1.82, 2.24) is 19.9 Å². The number of nitrogens with one attached hydrogen (secondary N) is 2. The topological polar surface area (TPSA) is 95.6 Å². The SMILES string of the molecule is C[C@@H]1CNc2c(sc3ccc4nc(-n5ccnc5C#N)ccc4c23)C(=O)N1. The summed E-state index contributed by atoms with van der Waals surface area (Å²) in [5.74, 6) is 0.884. The lowest BCUT2D eigenvalue weighted by Gasteiger charge is -2.10. The lowest BCUT2D eigenvalue weighted by atomic mass is 10.1. The fraction of sp³-hybridized carbons (Fsp3) is 0.158. The standard InChI is InChI=1S/C19H14N6OS/c1-10-9-22-17-16-11-2-5-14(25-7-6-21-15(25)8-20)24-12(11)3-4-13(16)27-18(17)19(26)23-10/h2-7,10,22H,9H2,1H3,(H,23,26)/t10-/m1/s1. The average molecular weight is 374 g/mol. The van der Waals surface area contributed by atoms with Crippen molar-refractivity contribution in [2.24, 2.45) is 0 Å². The number of hydrogen-bond acceptors (Lipinski definition) is 6. The molecular formula is C19H14N6OS. The predicted molar refractivity (Wildman–Crippen MR) is 104 cm³/mol. The minimum absolute atomic E-state index is 0.0430. The van der Waals surface area contributed by atoms with Crippen LogP contribution in [0.2, 0.25) is 0 Å². The van der Waals surface area contributed by atoms with Gasteiger partial charge in [-0.15, -0.1) is 11.3 Å². The smallest absolute Gasteiger partial charge is 0.263 e. The van der Waals surface area contributed by atoms with Crippen LogP contribution in [0.25, 0.3) is 26.8 Å². The Labute approximate surface area is 158 Å². The first-order valence-corrected chi connectivity index (χ1v) is 9.32. The van der Waals surface area contributed by atoms with E-state index in [-0.39, 0.29) is 11.9 Å². The summed E-state index contributed by atoms with van der Waals surface area (Å²) in [6.45, 7) is 2.65. The molecule has 0 saturated heterocycles. The molecule has 1 atom stereocenters. The maximum atomic E-state index is 12.5. The van der Waals surface area contributed by atoms with Gasteiger partial charge in [-0.25, -0.2) is 9.97 Å². The predicted octanol–water partition coefficient (Wildman–Crippen LogP) is 3.05. The van der Waals surface area contributed by atoms with Crippen LogP contribution >= 0.6 is 11.3 Å². The van der Waals surface area contributed by atoms with Crippen LogP contribution in [0.5, 0.6) is 0 Å². The van der Waals surface area contributed by atoms with Gasteiger partial charge in [0, 0.05) is 40.5 Å². The first-order chi connectivity index (χ1) is 13.2. The Morgan fingerprint density at radius 1 is 1.33 bits per heavy atom. The molecule has 0 fully saturated rings. The maximum Gasteiger partial charge on any atom is 0.263 e. The van der Waals surface area contributed by atoms with E-state index in [1.165, 1.54) is 11.3 Å². The number of benzene rings is 1. The monoisotopic (exact) mass is 374 g/mol. The van der Waals surface area contributed by atoms with Crippen LogP contribution < -0.4 is 10.6 Å². The number of rotatable bonds is 1. The second-order valence-corrected chi connectivity index (χ2v) is 7.52. The molecule has 3 aromatic heterocycles. The van der Waals surface area contributed by atoms with Gasteiger partial charge >= 0.3 is 0 Å². The number of carbonyl (C=O) groups is 1. The molecule has 4 heterocycles. The van der Waals surface area contributed by atoms with Crippen LogP contribution in [-0.4, -0.2) is 33.0 Å². The van der Waals surface area contributed by atoms with Gasteiger partial charge < -0.3 is 10.6 Å². The van der Waals surface area contributed by atoms with Gasteiger partial charge in [-0.05, 0) is 31.2 Å². The van der Waals surface area contributed by atoms with Gasteiger partial charge in [0.2, 0.25) is 5.82 Å². The van der Waals surface area contributed by atoms with E-state index in [1.54, 1.807) is 17.0 Å². The quantitative estimate of drug-likeness (QED) is 0.534. The molecule has 1 amide bonds. The molecule has 1 aliphatic rings. The highest BCUT2D eigenvalue weighted by Crippen LogP contribution is 2.40. The molecular weight excluding hydrogens is 360 g/mol. The third kappa shape index (κ3) is 2.36. The van der Waals surface area contributed by atoms with E-state index in [4.69, 9.17) is 4.98 Å². The maximum absolute atomic E-state index is 12.5. The fourth-order valence-corrected chi connectivity index (χ4v) is 4.52. The minimum Gasteiger partial charge on any atom is -0.381 e. The molecule has 1 aromatic carbocycles. The van der Waals surface area contributed by atoms with Crippen LogP contribution in [0.15, 0.2) is 36.7 Å². The Hall–Kier alpha value is -3.44. The molecule has 5 rings (SSSR count). The fourth-order valence-electron chi connectivity index (χ4n) is 3.42. The molecule has 0 radical (unpaired) electrons. The number of pyridine rings is 1. The van der Waals surface area contributed by atoms with E-state index in [0.717, 1.165) is 26.7 Å². The van der Waals surface area contributed by atoms with Crippen molar-refractivity contribution in [3.63, 3.8) is 0 Å². The molecule has 0 unspecified atom stereocenters. The van der Waals surface area contributed by atoms with E-state index in [2.05, 4.69) is 21.7 Å². The minimum atomic E-state index is -0.0430. The summed E-state index contributed by atoms with van der Waals surface area (Å²) in [5.41, 5.74) is 1.68. The zero-order valence-corrected chi connectivity index (χ0v) is 15.2. The lowest BCUT2D eigenvalue weighted by Crippen LogP contribution is -2.34. The molecule has 2 N–H and O–H groups in total. The summed E-state index contributed by atoms with van der Waals surface area (Å²) in [5, 5.41) is 17.6. The molecule has 4 aromatic rings. The average Bonchev–Trinajstić information content (AvgIpc) is 3.27. The normalized spacial score (nSPS) is 16.4. The Balaban J connectivity index is 1.74. The first-order valence-electron chi connectivity index (χ1n) is 8.50. The molecule has 8 heteroatoms. The van der Waals surface area contributed by atoms with Gasteiger partial charge in [0.25, 0.3) is 5.91 Å². The summed E-state index contributed by atoms with van der Waals surface area (Å²) < 4.78 is 2.70. The molecule has 7 nitrogen and oxygen atoms in total. The third-order valence-corrected chi connectivity index (χ3v) is 5.82. The highest BCUT2D eigenvalue weighted by Gasteiger charge is 2.24. The number of carbonyl (C=O) groups excluding carboxylic acids is 1. The first kappa shape index (κ1) is 15.8. The van der Waals surface area contributed by atoms with Crippen LogP contribution in [-0.2, 0) is 0 Å². The summed E-state index contributed by atoms with van der Waals surface area (Å²) in [6, 6.07) is 9.92. The number of fused-ring (bicyclic) bond motifs is 5. The van der Waals surface area contributed by atoms with Gasteiger partial charge in [0.05, 0.1) is 11.2 Å². The van der Waals surface area contributed by atoms with Gasteiger partial charge in [0.1, 0.15) is 16.8 Å². The van der Waals surface area contributed by atoms with E-state index in [1.807, 2.05) is 31.2 Å². The Morgan fingerprint density at radius 3 is 3.07 bits per heavy atom. The van der Waals surface area contributed by atoms with Crippen molar-refractivity contribution >= 4 is 43.9 Å². The zero-order valence-electron chi connectivity index (χ0n) is 14.4. The Morgan fingerprint density at radius 2 is 2.22 bits per heavy atom. The summed E-state index contributed by atoms with van der Waals surface area (Å²) in [6.07, 6.45) is 3.30. The van der Waals surface area contributed by atoms with E-state index >= 15 is 0 Å². The number of thiophene rings is 1. The van der Waals surface area contributed by atoms with Crippen molar-refractivity contribution in [1.29, 1.82) is 5.26 Å². The third-order valence-electron chi connectivity index (χ3n) is 4.66. The summed E-state index contributed by atoms with van der Waals surface area (Å²) in [7, 11) is 0. The summed E-state index contributed by atoms with van der Waals surface area (Å²) in [4.78, 5) is 21.9. The number of imidazole rings is 1. The molecule has 0 aliphatic carbocycles. The van der Waals surface area contributed by atoms with Gasteiger partial charge in [-0.3, -0.25) is 9.36 Å². The van der Waals surface area contributed by atoms with Crippen LogP contribution in [0.1, 0.15) is 22.4 Å². The second kappa shape index (κ2) is 5.79. The van der Waals surface area contributed by atoms with Crippen molar-refractivity contribution in [2.75, 3.05) is 11.9 Å². The van der Waals surface area contributed by atoms with Crippen LogP contribution in [0.3, 0.4) is 0 Å². The Kier molecular flexibility index (Phi) is 3.39. The van der Waals surface area contributed by atoms with Crippen molar-refractivity contribution in [3.05, 3.63) is 47.4 Å². The molecule has 0 spiro atoms. The highest BCUT2D eigenvalue weighted by atomic mass is 32.1. The summed E-state index contributed by atoms with van der Waals surface area (Å²) >= 11 is 1.49. The molecule has 0 bridgehead atoms. The van der Waals surface area contributed by atoms with Crippen molar-refractivity contribution in [2.45, 2.75) is 13.0 Å². The lowest BCUT2D eigenvalue weighted by molar-refractivity contribution is 0.0949. The van der Waals surface area contributed by atoms with Crippen molar-refractivity contribution < 1.29 is 4.79 Å². The van der Waals surface area contributed by atoms with Crippen LogP contribution in [0, 0.1) is 11.3 Å². The van der Waals surface area contributed by atoms with E-state index < -0.39 is 0 Å². The van der Waals surface area contributed by atoms with Crippen LogP contribution in [0.4, 0.5) is 5.69 Å². The van der Waals surface area contributed by atoms with Gasteiger partial charge in [0.15, 0.2) is 0 Å². The molecule has 132 valence electrons. The zero-order chi connectivity index (χ0) is 18.5. The van der Waals surface area contributed by atoms with Crippen molar-refractivity contribution in [3.8, 4) is 11.9 Å². The van der Waals surface area contributed by atoms with E-state index in [0.29, 0.717) is 23.1 Å². The number of aromatic nitrogens is 3. The Bertz CT molecular complexity index is 1260. The molecule has 0 saturated carbocycles. The largest absolute Gasteiger partial charge is 0.381 e. The number of nitrogens with zero attached hydrogens (tertiary/aromatic N) is 4.